The van der Waals surface area contributed by atoms with Crippen LogP contribution in [0.25, 0.3) is 0 Å². The van der Waals surface area contributed by atoms with Gasteiger partial charge in [-0.05, 0) is 54.2 Å². The smallest absolute Gasteiger partial charge is 0.309 e. The van der Waals surface area contributed by atoms with Crippen molar-refractivity contribution in [3.8, 4) is 17.2 Å². The van der Waals surface area contributed by atoms with Crippen LogP contribution in [0.1, 0.15) is 61.4 Å². The van der Waals surface area contributed by atoms with Crippen molar-refractivity contribution in [3.05, 3.63) is 82.7 Å². The van der Waals surface area contributed by atoms with Crippen LogP contribution >= 0.6 is 0 Å². The first-order valence-electron chi connectivity index (χ1n) is 14.5. The van der Waals surface area contributed by atoms with Crippen LogP contribution in [0.2, 0.25) is 0 Å². The van der Waals surface area contributed by atoms with E-state index in [4.69, 9.17) is 14.2 Å². The number of aliphatic carboxylic acids is 1. The first-order chi connectivity index (χ1) is 20.3. The summed E-state index contributed by atoms with van der Waals surface area (Å²) in [5.74, 6) is -1.97. The lowest BCUT2D eigenvalue weighted by atomic mass is 9.82. The van der Waals surface area contributed by atoms with Gasteiger partial charge in [0.1, 0.15) is 11.6 Å². The third kappa shape index (κ3) is 5.92. The first kappa shape index (κ1) is 29.4. The molecule has 2 heterocycles. The SMILES string of the molecule is CCCOc1ccc([C@@H]2[C@@H](C(=O)O)[C@@H](c3ccc4c(c3)OCO4)CN2CC(=O)Nc2c(CC)cccc2CC)c(F)c1. The summed E-state index contributed by atoms with van der Waals surface area (Å²) in [6.45, 7) is 6.69. The maximum absolute atomic E-state index is 15.7. The van der Waals surface area contributed by atoms with Gasteiger partial charge in [0.2, 0.25) is 12.7 Å². The third-order valence-electron chi connectivity index (χ3n) is 8.08. The molecule has 1 fully saturated rings. The second kappa shape index (κ2) is 12.8. The minimum Gasteiger partial charge on any atom is -0.494 e. The standard InChI is InChI=1S/C33H37FN2O6/c1-4-14-40-23-11-12-24(26(34)16-23)32-30(33(38)39)25(22-10-13-27-28(15-22)42-19-41-27)17-36(32)18-29(37)35-31-20(5-2)8-7-9-21(31)6-3/h7-13,15-16,25,30,32H,4-6,14,17-19H2,1-3H3,(H,35,37)(H,38,39)/t25-,30+,32-/m1/s1. The lowest BCUT2D eigenvalue weighted by Gasteiger charge is -2.27. The molecule has 222 valence electrons. The zero-order chi connectivity index (χ0) is 29.8. The van der Waals surface area contributed by atoms with E-state index in [-0.39, 0.29) is 31.4 Å². The molecule has 3 aromatic rings. The van der Waals surface area contributed by atoms with Crippen LogP contribution in [-0.2, 0) is 22.4 Å². The Hall–Kier alpha value is -4.11. The van der Waals surface area contributed by atoms with Gasteiger partial charge in [0.05, 0.1) is 25.1 Å². The molecule has 0 unspecified atom stereocenters. The molecule has 0 bridgehead atoms. The Kier molecular flexibility index (Phi) is 8.97. The molecular weight excluding hydrogens is 539 g/mol. The average Bonchev–Trinajstić information content (AvgIpc) is 3.60. The molecule has 5 rings (SSSR count). The lowest BCUT2D eigenvalue weighted by molar-refractivity contribution is -0.143. The quantitative estimate of drug-likeness (QED) is 0.291. The molecule has 1 amide bonds. The summed E-state index contributed by atoms with van der Waals surface area (Å²) in [4.78, 5) is 28.2. The fourth-order valence-electron chi connectivity index (χ4n) is 6.07. The van der Waals surface area contributed by atoms with Crippen molar-refractivity contribution >= 4 is 17.6 Å². The number of ether oxygens (including phenoxy) is 3. The number of para-hydroxylation sites is 1. The zero-order valence-corrected chi connectivity index (χ0v) is 24.2. The fourth-order valence-corrected chi connectivity index (χ4v) is 6.07. The van der Waals surface area contributed by atoms with Gasteiger partial charge in [0.15, 0.2) is 11.5 Å². The molecule has 1 saturated heterocycles. The van der Waals surface area contributed by atoms with Gasteiger partial charge in [-0.2, -0.15) is 0 Å². The Morgan fingerprint density at radius 1 is 1.02 bits per heavy atom. The predicted octanol–water partition coefficient (Wildman–Crippen LogP) is 5.95. The molecule has 0 radical (unpaired) electrons. The Morgan fingerprint density at radius 2 is 1.76 bits per heavy atom. The van der Waals surface area contributed by atoms with Crippen LogP contribution < -0.4 is 19.5 Å². The van der Waals surface area contributed by atoms with Gasteiger partial charge in [0.25, 0.3) is 0 Å². The van der Waals surface area contributed by atoms with Crippen LogP contribution in [-0.4, -0.2) is 48.4 Å². The summed E-state index contributed by atoms with van der Waals surface area (Å²) in [5, 5.41) is 13.6. The van der Waals surface area contributed by atoms with Gasteiger partial charge < -0.3 is 24.6 Å². The Balaban J connectivity index is 1.51. The van der Waals surface area contributed by atoms with Crippen molar-refractivity contribution in [2.45, 2.75) is 52.0 Å². The van der Waals surface area contributed by atoms with Gasteiger partial charge in [-0.1, -0.05) is 51.1 Å². The van der Waals surface area contributed by atoms with E-state index in [0.29, 0.717) is 23.9 Å². The number of rotatable bonds is 11. The molecule has 3 atom stereocenters. The molecule has 3 aromatic carbocycles. The van der Waals surface area contributed by atoms with E-state index >= 15 is 4.39 Å². The summed E-state index contributed by atoms with van der Waals surface area (Å²) in [6, 6.07) is 15.0. The molecule has 9 heteroatoms. The van der Waals surface area contributed by atoms with E-state index in [1.165, 1.54) is 6.07 Å². The lowest BCUT2D eigenvalue weighted by Crippen LogP contribution is -2.35. The van der Waals surface area contributed by atoms with Gasteiger partial charge in [-0.25, -0.2) is 4.39 Å². The molecule has 2 aliphatic rings. The molecule has 8 nitrogen and oxygen atoms in total. The number of halogens is 1. The maximum atomic E-state index is 15.7. The van der Waals surface area contributed by atoms with Crippen molar-refractivity contribution in [1.29, 1.82) is 0 Å². The number of amides is 1. The maximum Gasteiger partial charge on any atom is 0.309 e. The minimum atomic E-state index is -1.07. The van der Waals surface area contributed by atoms with Crippen LogP contribution in [0.15, 0.2) is 54.6 Å². The van der Waals surface area contributed by atoms with E-state index in [2.05, 4.69) is 5.32 Å². The van der Waals surface area contributed by atoms with Gasteiger partial charge >= 0.3 is 5.97 Å². The number of carboxylic acid groups (broad SMARTS) is 1. The first-order valence-corrected chi connectivity index (χ1v) is 14.5. The number of carboxylic acids is 1. The number of carbonyl (C=O) groups is 2. The van der Waals surface area contributed by atoms with Crippen LogP contribution in [0.5, 0.6) is 17.2 Å². The number of aryl methyl sites for hydroxylation is 2. The fraction of sp³-hybridized carbons (Fsp3) is 0.394. The normalized spacial score (nSPS) is 19.6. The zero-order valence-electron chi connectivity index (χ0n) is 24.2. The number of nitrogens with one attached hydrogen (secondary N) is 1. The second-order valence-electron chi connectivity index (χ2n) is 10.7. The highest BCUT2D eigenvalue weighted by molar-refractivity contribution is 5.94. The number of anilines is 1. The molecule has 0 spiro atoms. The Bertz CT molecular complexity index is 1440. The largest absolute Gasteiger partial charge is 0.494 e. The Morgan fingerprint density at radius 3 is 2.43 bits per heavy atom. The summed E-state index contributed by atoms with van der Waals surface area (Å²) < 4.78 is 32.3. The van der Waals surface area contributed by atoms with E-state index in [1.807, 2.05) is 45.0 Å². The number of fused-ring (bicyclic) bond motifs is 1. The second-order valence-corrected chi connectivity index (χ2v) is 10.7. The number of nitrogens with zero attached hydrogens (tertiary/aromatic N) is 1. The molecule has 0 saturated carbocycles. The highest BCUT2D eigenvalue weighted by Crippen LogP contribution is 2.48. The summed E-state index contributed by atoms with van der Waals surface area (Å²) in [6.07, 6.45) is 2.27. The van der Waals surface area contributed by atoms with Crippen molar-refractivity contribution in [2.75, 3.05) is 31.8 Å². The molecule has 42 heavy (non-hydrogen) atoms. The van der Waals surface area contributed by atoms with Crippen molar-refractivity contribution in [3.63, 3.8) is 0 Å². The average molecular weight is 577 g/mol. The highest BCUT2D eigenvalue weighted by Gasteiger charge is 2.49. The minimum absolute atomic E-state index is 0.0946. The van der Waals surface area contributed by atoms with E-state index in [0.717, 1.165) is 41.6 Å². The molecular formula is C33H37FN2O6. The van der Waals surface area contributed by atoms with Crippen LogP contribution in [0, 0.1) is 11.7 Å². The van der Waals surface area contributed by atoms with E-state index in [9.17, 15) is 14.7 Å². The van der Waals surface area contributed by atoms with Crippen LogP contribution in [0.4, 0.5) is 10.1 Å². The Labute approximate surface area is 245 Å². The van der Waals surface area contributed by atoms with Gasteiger partial charge in [-0.3, -0.25) is 14.5 Å². The van der Waals surface area contributed by atoms with Crippen molar-refractivity contribution in [2.24, 2.45) is 5.92 Å². The third-order valence-corrected chi connectivity index (χ3v) is 8.08. The summed E-state index contributed by atoms with van der Waals surface area (Å²) >= 11 is 0. The predicted molar refractivity (Wildman–Crippen MR) is 157 cm³/mol. The number of benzene rings is 3. The number of likely N-dealkylation sites (tertiary alicyclic amines) is 1. The highest BCUT2D eigenvalue weighted by atomic mass is 19.1. The number of carbonyl (C=O) groups excluding carboxylic acids is 1. The summed E-state index contributed by atoms with van der Waals surface area (Å²) in [5.41, 5.74) is 3.78. The molecule has 2 N–H and O–H groups in total. The molecule has 0 aromatic heterocycles. The topological polar surface area (TPSA) is 97.3 Å². The summed E-state index contributed by atoms with van der Waals surface area (Å²) in [7, 11) is 0. The van der Waals surface area contributed by atoms with Crippen molar-refractivity contribution in [1.82, 2.24) is 4.90 Å². The van der Waals surface area contributed by atoms with Gasteiger partial charge in [-0.15, -0.1) is 0 Å². The van der Waals surface area contributed by atoms with E-state index < -0.39 is 29.7 Å². The van der Waals surface area contributed by atoms with E-state index in [1.54, 1.807) is 29.2 Å². The molecule has 0 aliphatic carbocycles. The number of hydrogen-bond acceptors (Lipinski definition) is 6. The number of hydrogen-bond donors (Lipinski definition) is 2. The monoisotopic (exact) mass is 576 g/mol. The van der Waals surface area contributed by atoms with Gasteiger partial charge in [0, 0.05) is 29.8 Å². The molecule has 2 aliphatic heterocycles. The van der Waals surface area contributed by atoms with Crippen molar-refractivity contribution < 1.29 is 33.3 Å². The van der Waals surface area contributed by atoms with Crippen LogP contribution in [0.3, 0.4) is 0 Å².